The van der Waals surface area contributed by atoms with Crippen molar-refractivity contribution in [2.24, 2.45) is 17.3 Å². The van der Waals surface area contributed by atoms with Crippen LogP contribution in [0.25, 0.3) is 0 Å². The number of imide groups is 1. The van der Waals surface area contributed by atoms with Gasteiger partial charge in [0.1, 0.15) is 5.41 Å². The van der Waals surface area contributed by atoms with E-state index in [-0.39, 0.29) is 36.9 Å². The Bertz CT molecular complexity index is 452. The summed E-state index contributed by atoms with van der Waals surface area (Å²) >= 11 is 0. The minimum absolute atomic E-state index is 0.0411. The summed E-state index contributed by atoms with van der Waals surface area (Å²) in [6.07, 6.45) is 3.41. The van der Waals surface area contributed by atoms with Crippen LogP contribution in [0.5, 0.6) is 0 Å². The molecule has 1 N–H and O–H groups in total. The van der Waals surface area contributed by atoms with E-state index >= 15 is 0 Å². The van der Waals surface area contributed by atoms with Gasteiger partial charge >= 0.3 is 5.97 Å². The lowest BCUT2D eigenvalue weighted by Gasteiger charge is -2.31. The Labute approximate surface area is 117 Å². The maximum absolute atomic E-state index is 12.5. The van der Waals surface area contributed by atoms with Crippen LogP contribution >= 0.6 is 0 Å². The molecule has 3 fully saturated rings. The number of hydrogen-bond donors (Lipinski definition) is 1. The van der Waals surface area contributed by atoms with Gasteiger partial charge in [0.2, 0.25) is 11.8 Å². The molecule has 4 unspecified atom stereocenters. The summed E-state index contributed by atoms with van der Waals surface area (Å²) in [6.45, 7) is 1.72. The van der Waals surface area contributed by atoms with Crippen LogP contribution in [-0.2, 0) is 19.1 Å². The number of likely N-dealkylation sites (tertiary alicyclic amines) is 1. The highest BCUT2D eigenvalue weighted by atomic mass is 16.5. The summed E-state index contributed by atoms with van der Waals surface area (Å²) < 4.78 is 5.27. The molecule has 0 spiro atoms. The zero-order valence-corrected chi connectivity index (χ0v) is 11.5. The fraction of sp³-hybridized carbons (Fsp3) is 0.786. The summed E-state index contributed by atoms with van der Waals surface area (Å²) in [6, 6.07) is -0.675. The number of fused-ring (bicyclic) bond motifs is 1. The van der Waals surface area contributed by atoms with Gasteiger partial charge in [-0.25, -0.2) is 0 Å². The Hall–Kier alpha value is -1.43. The summed E-state index contributed by atoms with van der Waals surface area (Å²) in [5.74, 6) is -1.88. The van der Waals surface area contributed by atoms with Crippen LogP contribution in [0.1, 0.15) is 32.6 Å². The Balaban J connectivity index is 1.92. The van der Waals surface area contributed by atoms with Crippen molar-refractivity contribution in [3.05, 3.63) is 0 Å². The van der Waals surface area contributed by atoms with Crippen LogP contribution in [0.4, 0.5) is 0 Å². The maximum Gasteiger partial charge on any atom is 0.313 e. The van der Waals surface area contributed by atoms with Crippen LogP contribution < -0.4 is 0 Å². The van der Waals surface area contributed by atoms with Gasteiger partial charge in [0.05, 0.1) is 31.1 Å². The average Bonchev–Trinajstić information content (AvgIpc) is 2.92. The zero-order chi connectivity index (χ0) is 14.5. The first kappa shape index (κ1) is 13.5. The number of carboxylic acids is 1. The first-order chi connectivity index (χ1) is 9.47. The largest absolute Gasteiger partial charge is 0.481 e. The Morgan fingerprint density at radius 2 is 1.80 bits per heavy atom. The van der Waals surface area contributed by atoms with E-state index in [1.807, 2.05) is 0 Å². The van der Waals surface area contributed by atoms with Crippen LogP contribution in [0, 0.1) is 17.3 Å². The van der Waals surface area contributed by atoms with E-state index in [1.165, 1.54) is 4.90 Å². The third kappa shape index (κ3) is 1.70. The predicted molar refractivity (Wildman–Crippen MR) is 67.7 cm³/mol. The lowest BCUT2D eigenvalue weighted by Crippen LogP contribution is -2.52. The van der Waals surface area contributed by atoms with Gasteiger partial charge in [-0.1, -0.05) is 12.8 Å². The van der Waals surface area contributed by atoms with Crippen molar-refractivity contribution in [1.82, 2.24) is 4.90 Å². The van der Waals surface area contributed by atoms with Gasteiger partial charge in [-0.2, -0.15) is 0 Å². The van der Waals surface area contributed by atoms with Crippen molar-refractivity contribution in [1.29, 1.82) is 0 Å². The Morgan fingerprint density at radius 3 is 2.30 bits per heavy atom. The standard InChI is InChI=1S/C14H19NO5/c1-14(13(18)19)7-20-6-10(14)15-11(16)8-4-2-3-5-9(8)12(15)17/h8-10H,2-7H2,1H3,(H,18,19). The number of hydrogen-bond acceptors (Lipinski definition) is 4. The molecule has 2 saturated heterocycles. The topological polar surface area (TPSA) is 83.9 Å². The third-order valence-corrected chi connectivity index (χ3v) is 5.09. The van der Waals surface area contributed by atoms with Crippen molar-refractivity contribution in [2.45, 2.75) is 38.6 Å². The van der Waals surface area contributed by atoms with Crippen LogP contribution in [-0.4, -0.2) is 47.0 Å². The first-order valence-electron chi connectivity index (χ1n) is 7.15. The van der Waals surface area contributed by atoms with Crippen LogP contribution in [0.3, 0.4) is 0 Å². The molecule has 6 nitrogen and oxygen atoms in total. The highest BCUT2D eigenvalue weighted by Crippen LogP contribution is 2.43. The lowest BCUT2D eigenvalue weighted by atomic mass is 9.81. The van der Waals surface area contributed by atoms with E-state index in [9.17, 15) is 19.5 Å². The monoisotopic (exact) mass is 281 g/mol. The third-order valence-electron chi connectivity index (χ3n) is 5.09. The lowest BCUT2D eigenvalue weighted by molar-refractivity contribution is -0.154. The summed E-state index contributed by atoms with van der Waals surface area (Å²) in [5, 5.41) is 9.41. The summed E-state index contributed by atoms with van der Waals surface area (Å²) in [5.41, 5.74) is -1.20. The molecule has 110 valence electrons. The fourth-order valence-corrected chi connectivity index (χ4v) is 3.72. The minimum atomic E-state index is -1.20. The molecule has 0 aromatic heterocycles. The van der Waals surface area contributed by atoms with Gasteiger partial charge < -0.3 is 9.84 Å². The number of nitrogens with zero attached hydrogens (tertiary/aromatic N) is 1. The van der Waals surface area contributed by atoms with Crippen molar-refractivity contribution in [3.63, 3.8) is 0 Å². The van der Waals surface area contributed by atoms with Gasteiger partial charge in [0.15, 0.2) is 0 Å². The summed E-state index contributed by atoms with van der Waals surface area (Å²) in [4.78, 5) is 37.7. The quantitative estimate of drug-likeness (QED) is 0.751. The maximum atomic E-state index is 12.5. The number of aliphatic carboxylic acids is 1. The van der Waals surface area contributed by atoms with Crippen molar-refractivity contribution >= 4 is 17.8 Å². The molecule has 1 aliphatic carbocycles. The molecule has 20 heavy (non-hydrogen) atoms. The molecule has 3 aliphatic rings. The molecule has 0 aromatic carbocycles. The smallest absolute Gasteiger partial charge is 0.313 e. The number of amides is 2. The fourth-order valence-electron chi connectivity index (χ4n) is 3.72. The number of carbonyl (C=O) groups is 3. The van der Waals surface area contributed by atoms with Crippen molar-refractivity contribution < 1.29 is 24.2 Å². The summed E-state index contributed by atoms with van der Waals surface area (Å²) in [7, 11) is 0. The Morgan fingerprint density at radius 1 is 1.25 bits per heavy atom. The SMILES string of the molecule is CC1(C(=O)O)COCC1N1C(=O)C2CCCCC2C1=O. The first-order valence-corrected chi connectivity index (χ1v) is 7.15. The highest BCUT2D eigenvalue weighted by Gasteiger charge is 2.58. The molecule has 0 bridgehead atoms. The van der Waals surface area contributed by atoms with Gasteiger partial charge in [0.25, 0.3) is 0 Å². The highest BCUT2D eigenvalue weighted by molar-refractivity contribution is 6.06. The molecule has 2 heterocycles. The van der Waals surface area contributed by atoms with E-state index in [4.69, 9.17) is 4.74 Å². The molecular formula is C14H19NO5. The molecule has 2 aliphatic heterocycles. The number of carbonyl (C=O) groups excluding carboxylic acids is 2. The Kier molecular flexibility index (Phi) is 3.08. The molecule has 2 amide bonds. The van der Waals surface area contributed by atoms with Crippen molar-refractivity contribution in [2.75, 3.05) is 13.2 Å². The average molecular weight is 281 g/mol. The van der Waals surface area contributed by atoms with Crippen molar-refractivity contribution in [3.8, 4) is 0 Å². The predicted octanol–water partition coefficient (Wildman–Crippen LogP) is 0.651. The molecule has 0 aromatic rings. The van der Waals surface area contributed by atoms with E-state index in [2.05, 4.69) is 0 Å². The normalized spacial score (nSPS) is 41.0. The van der Waals surface area contributed by atoms with Crippen LogP contribution in [0.2, 0.25) is 0 Å². The second-order valence-corrected chi connectivity index (χ2v) is 6.30. The second-order valence-electron chi connectivity index (χ2n) is 6.30. The van der Waals surface area contributed by atoms with Gasteiger partial charge in [-0.05, 0) is 19.8 Å². The second kappa shape index (κ2) is 4.55. The number of carboxylic acid groups (broad SMARTS) is 1. The number of rotatable bonds is 2. The van der Waals surface area contributed by atoms with E-state index in [0.717, 1.165) is 25.7 Å². The van der Waals surface area contributed by atoms with E-state index in [1.54, 1.807) is 6.92 Å². The van der Waals surface area contributed by atoms with E-state index < -0.39 is 17.4 Å². The van der Waals surface area contributed by atoms with Gasteiger partial charge in [-0.15, -0.1) is 0 Å². The van der Waals surface area contributed by atoms with E-state index in [0.29, 0.717) is 0 Å². The zero-order valence-electron chi connectivity index (χ0n) is 11.5. The molecule has 1 saturated carbocycles. The number of ether oxygens (including phenoxy) is 1. The molecule has 4 atom stereocenters. The van der Waals surface area contributed by atoms with Gasteiger partial charge in [-0.3, -0.25) is 19.3 Å². The minimum Gasteiger partial charge on any atom is -0.481 e. The molecule has 6 heteroatoms. The molecule has 0 radical (unpaired) electrons. The van der Waals surface area contributed by atoms with Gasteiger partial charge in [0, 0.05) is 0 Å². The molecule has 3 rings (SSSR count). The van der Waals surface area contributed by atoms with Crippen LogP contribution in [0.15, 0.2) is 0 Å². The molecular weight excluding hydrogens is 262 g/mol.